The summed E-state index contributed by atoms with van der Waals surface area (Å²) in [4.78, 5) is 23.1. The molecule has 0 amide bonds. The molecular weight excluding hydrogens is 364 g/mol. The van der Waals surface area contributed by atoms with E-state index < -0.39 is 5.60 Å². The third-order valence-corrected chi connectivity index (χ3v) is 9.80. The summed E-state index contributed by atoms with van der Waals surface area (Å²) in [5.41, 5.74) is 0.926. The summed E-state index contributed by atoms with van der Waals surface area (Å²) in [5.74, 6) is 4.26. The standard InChI is InChI=1S/C25H36O4/c1-3-24-10-7-18-17-6-5-16(27)13-19(17)20-14-21(20)23(18)22(24)8-11-25(24,28)9-4-12-29-15(2)26/h13,17-18,20-23,28H,3-12,14H2,1-2H3/t17-,18-,20+,21+,22+,23+,24+,25+/m1/s1. The van der Waals surface area contributed by atoms with Crippen LogP contribution in [0, 0.1) is 40.9 Å². The molecule has 5 rings (SSSR count). The molecule has 4 heteroatoms. The molecule has 0 bridgehead atoms. The van der Waals surface area contributed by atoms with Crippen molar-refractivity contribution in [3.63, 3.8) is 0 Å². The lowest BCUT2D eigenvalue weighted by Gasteiger charge is -2.57. The van der Waals surface area contributed by atoms with Crippen LogP contribution in [-0.2, 0) is 14.3 Å². The van der Waals surface area contributed by atoms with Gasteiger partial charge in [0.25, 0.3) is 0 Å². The van der Waals surface area contributed by atoms with Crippen molar-refractivity contribution in [2.75, 3.05) is 6.61 Å². The maximum absolute atomic E-state index is 12.0. The predicted octanol–water partition coefficient (Wildman–Crippen LogP) is 4.45. The van der Waals surface area contributed by atoms with Crippen molar-refractivity contribution < 1.29 is 19.4 Å². The van der Waals surface area contributed by atoms with Crippen molar-refractivity contribution in [1.82, 2.24) is 0 Å². The number of ketones is 1. The number of hydrogen-bond acceptors (Lipinski definition) is 4. The van der Waals surface area contributed by atoms with Gasteiger partial charge in [0.15, 0.2) is 5.78 Å². The molecule has 0 aliphatic heterocycles. The van der Waals surface area contributed by atoms with Gasteiger partial charge in [-0.25, -0.2) is 0 Å². The smallest absolute Gasteiger partial charge is 0.302 e. The van der Waals surface area contributed by atoms with Crippen molar-refractivity contribution in [3.05, 3.63) is 11.6 Å². The molecule has 4 nitrogen and oxygen atoms in total. The average Bonchev–Trinajstić information content (AvgIpc) is 3.44. The van der Waals surface area contributed by atoms with E-state index in [1.165, 1.54) is 25.3 Å². The Morgan fingerprint density at radius 2 is 2.03 bits per heavy atom. The largest absolute Gasteiger partial charge is 0.466 e. The highest BCUT2D eigenvalue weighted by Gasteiger charge is 2.68. The van der Waals surface area contributed by atoms with E-state index in [2.05, 4.69) is 6.92 Å². The number of rotatable bonds is 5. The molecule has 5 aliphatic carbocycles. The lowest BCUT2D eigenvalue weighted by Crippen LogP contribution is -2.54. The van der Waals surface area contributed by atoms with Gasteiger partial charge in [-0.2, -0.15) is 0 Å². The summed E-state index contributed by atoms with van der Waals surface area (Å²) < 4.78 is 5.14. The van der Waals surface area contributed by atoms with Crippen molar-refractivity contribution >= 4 is 11.8 Å². The molecule has 0 heterocycles. The molecule has 29 heavy (non-hydrogen) atoms. The number of allylic oxidation sites excluding steroid dienone is 1. The lowest BCUT2D eigenvalue weighted by atomic mass is 9.49. The molecule has 0 aromatic heterocycles. The first kappa shape index (κ1) is 19.8. The number of ether oxygens (including phenoxy) is 1. The van der Waals surface area contributed by atoms with Crippen LogP contribution < -0.4 is 0 Å². The summed E-state index contributed by atoms with van der Waals surface area (Å²) in [6.07, 6.45) is 12.0. The Bertz CT molecular complexity index is 741. The number of aliphatic hydroxyl groups is 1. The molecular formula is C25H36O4. The highest BCUT2D eigenvalue weighted by Crippen LogP contribution is 2.73. The Labute approximate surface area is 174 Å². The predicted molar refractivity (Wildman–Crippen MR) is 110 cm³/mol. The highest BCUT2D eigenvalue weighted by molar-refractivity contribution is 5.91. The van der Waals surface area contributed by atoms with Crippen molar-refractivity contribution in [2.24, 2.45) is 40.9 Å². The van der Waals surface area contributed by atoms with Crippen LogP contribution in [0.2, 0.25) is 0 Å². The molecule has 8 atom stereocenters. The van der Waals surface area contributed by atoms with Gasteiger partial charge in [0, 0.05) is 18.8 Å². The van der Waals surface area contributed by atoms with E-state index in [1.54, 1.807) is 0 Å². The monoisotopic (exact) mass is 400 g/mol. The van der Waals surface area contributed by atoms with Gasteiger partial charge in [-0.1, -0.05) is 12.5 Å². The first-order valence-corrected chi connectivity index (χ1v) is 12.0. The SMILES string of the molecule is CC[C@]12CC[C@H]3[C@@H]([C@H]4C[C@H]4C4=CC(=O)CC[C@@H]43)[C@@H]1CC[C@@]2(O)CCCOC(C)=O. The van der Waals surface area contributed by atoms with E-state index >= 15 is 0 Å². The molecule has 0 aromatic rings. The van der Waals surface area contributed by atoms with E-state index in [1.807, 2.05) is 6.08 Å². The number of carbonyl (C=O) groups is 2. The summed E-state index contributed by atoms with van der Waals surface area (Å²) in [6, 6.07) is 0. The Morgan fingerprint density at radius 1 is 1.21 bits per heavy atom. The topological polar surface area (TPSA) is 63.6 Å². The minimum Gasteiger partial charge on any atom is -0.466 e. The molecule has 0 unspecified atom stereocenters. The highest BCUT2D eigenvalue weighted by atomic mass is 16.5. The fraction of sp³-hybridized carbons (Fsp3) is 0.840. The molecule has 0 aromatic carbocycles. The van der Waals surface area contributed by atoms with E-state index in [0.717, 1.165) is 69.1 Å². The zero-order valence-electron chi connectivity index (χ0n) is 18.0. The Kier molecular flexibility index (Phi) is 4.73. The van der Waals surface area contributed by atoms with Crippen LogP contribution in [0.5, 0.6) is 0 Å². The maximum Gasteiger partial charge on any atom is 0.302 e. The fourth-order valence-electron chi connectivity index (χ4n) is 8.66. The minimum atomic E-state index is -0.611. The molecule has 4 fully saturated rings. The summed E-state index contributed by atoms with van der Waals surface area (Å²) in [7, 11) is 0. The molecule has 0 radical (unpaired) electrons. The van der Waals surface area contributed by atoms with Crippen LogP contribution in [0.15, 0.2) is 11.6 Å². The van der Waals surface area contributed by atoms with Gasteiger partial charge in [-0.3, -0.25) is 9.59 Å². The summed E-state index contributed by atoms with van der Waals surface area (Å²) >= 11 is 0. The quantitative estimate of drug-likeness (QED) is 0.547. The molecule has 1 N–H and O–H groups in total. The van der Waals surface area contributed by atoms with Crippen molar-refractivity contribution in [1.29, 1.82) is 0 Å². The van der Waals surface area contributed by atoms with Gasteiger partial charge in [0.2, 0.25) is 0 Å². The van der Waals surface area contributed by atoms with Gasteiger partial charge in [-0.05, 0) is 99.4 Å². The second-order valence-electron chi connectivity index (χ2n) is 10.7. The van der Waals surface area contributed by atoms with E-state index in [9.17, 15) is 14.7 Å². The van der Waals surface area contributed by atoms with Crippen LogP contribution in [0.25, 0.3) is 0 Å². The molecule has 5 aliphatic rings. The van der Waals surface area contributed by atoms with Gasteiger partial charge < -0.3 is 9.84 Å². The molecule has 0 saturated heterocycles. The van der Waals surface area contributed by atoms with Crippen LogP contribution in [0.3, 0.4) is 0 Å². The van der Waals surface area contributed by atoms with Crippen LogP contribution in [0.1, 0.15) is 78.1 Å². The minimum absolute atomic E-state index is 0.0310. The third-order valence-electron chi connectivity index (χ3n) is 9.80. The van der Waals surface area contributed by atoms with E-state index in [4.69, 9.17) is 4.74 Å². The normalized spacial score (nSPS) is 47.4. The van der Waals surface area contributed by atoms with Gasteiger partial charge in [-0.15, -0.1) is 0 Å². The zero-order valence-corrected chi connectivity index (χ0v) is 18.0. The number of carbonyl (C=O) groups excluding carboxylic acids is 2. The number of esters is 1. The maximum atomic E-state index is 12.0. The fourth-order valence-corrected chi connectivity index (χ4v) is 8.66. The van der Waals surface area contributed by atoms with Gasteiger partial charge in [0.1, 0.15) is 0 Å². The van der Waals surface area contributed by atoms with E-state index in [-0.39, 0.29) is 11.4 Å². The molecule has 160 valence electrons. The Hall–Kier alpha value is -1.16. The third kappa shape index (κ3) is 2.88. The van der Waals surface area contributed by atoms with Crippen LogP contribution >= 0.6 is 0 Å². The summed E-state index contributed by atoms with van der Waals surface area (Å²) in [5, 5.41) is 11.9. The van der Waals surface area contributed by atoms with Crippen molar-refractivity contribution in [3.8, 4) is 0 Å². The Balaban J connectivity index is 1.38. The first-order chi connectivity index (χ1) is 13.9. The zero-order chi connectivity index (χ0) is 20.4. The second-order valence-corrected chi connectivity index (χ2v) is 10.7. The molecule has 0 spiro atoms. The molecule has 4 saturated carbocycles. The van der Waals surface area contributed by atoms with E-state index in [0.29, 0.717) is 30.1 Å². The Morgan fingerprint density at radius 3 is 2.79 bits per heavy atom. The van der Waals surface area contributed by atoms with Crippen LogP contribution in [-0.4, -0.2) is 29.1 Å². The average molecular weight is 401 g/mol. The van der Waals surface area contributed by atoms with Crippen LogP contribution in [0.4, 0.5) is 0 Å². The van der Waals surface area contributed by atoms with Gasteiger partial charge >= 0.3 is 5.97 Å². The first-order valence-electron chi connectivity index (χ1n) is 12.0. The van der Waals surface area contributed by atoms with Gasteiger partial charge in [0.05, 0.1) is 12.2 Å². The summed E-state index contributed by atoms with van der Waals surface area (Å²) in [6.45, 7) is 4.16. The number of hydrogen-bond donors (Lipinski definition) is 1. The second kappa shape index (κ2) is 6.93. The number of fused-ring (bicyclic) bond motifs is 8. The lowest BCUT2D eigenvalue weighted by molar-refractivity contribution is -0.146. The van der Waals surface area contributed by atoms with Crippen molar-refractivity contribution in [2.45, 2.75) is 83.7 Å².